The number of anilines is 1. The number of amides is 1. The first kappa shape index (κ1) is 15.5. The summed E-state index contributed by atoms with van der Waals surface area (Å²) in [5.74, 6) is 0.628. The number of rotatable bonds is 2. The van der Waals surface area contributed by atoms with E-state index in [0.29, 0.717) is 19.0 Å². The molecule has 1 atom stereocenters. The fourth-order valence-corrected chi connectivity index (χ4v) is 2.34. The quantitative estimate of drug-likeness (QED) is 0.907. The molecule has 0 bridgehead atoms. The Hall–Kier alpha value is -1.85. The highest BCUT2D eigenvalue weighted by Crippen LogP contribution is 2.17. The number of aryl methyl sites for hydroxylation is 2. The minimum Gasteiger partial charge on any atom is -0.444 e. The first-order valence-corrected chi connectivity index (χ1v) is 7.30. The maximum Gasteiger partial charge on any atom is 0.410 e. The van der Waals surface area contributed by atoms with Crippen LogP contribution >= 0.6 is 0 Å². The molecule has 6 nitrogen and oxygen atoms in total. The van der Waals surface area contributed by atoms with Gasteiger partial charge in [0.05, 0.1) is 0 Å². The number of aromatic nitrogens is 2. The maximum atomic E-state index is 12.0. The van der Waals surface area contributed by atoms with Gasteiger partial charge in [0.2, 0.25) is 5.95 Å². The molecule has 1 fully saturated rings. The van der Waals surface area contributed by atoms with E-state index in [9.17, 15) is 4.79 Å². The summed E-state index contributed by atoms with van der Waals surface area (Å²) in [5.41, 5.74) is 1.42. The summed E-state index contributed by atoms with van der Waals surface area (Å²) in [7, 11) is 0. The van der Waals surface area contributed by atoms with Gasteiger partial charge in [-0.15, -0.1) is 0 Å². The molecule has 1 N–H and O–H groups in total. The van der Waals surface area contributed by atoms with Crippen molar-refractivity contribution in [1.29, 1.82) is 0 Å². The highest BCUT2D eigenvalue weighted by atomic mass is 16.6. The standard InChI is InChI=1S/C15H24N4O2/c1-10-8-11(2)17-13(16-10)18-12-6-7-19(9-12)14(20)21-15(3,4)5/h8,12H,6-7,9H2,1-5H3,(H,16,17,18). The van der Waals surface area contributed by atoms with Gasteiger partial charge in [-0.1, -0.05) is 0 Å². The van der Waals surface area contributed by atoms with Gasteiger partial charge in [0.25, 0.3) is 0 Å². The van der Waals surface area contributed by atoms with Crippen LogP contribution in [0.3, 0.4) is 0 Å². The minimum absolute atomic E-state index is 0.165. The first-order valence-electron chi connectivity index (χ1n) is 7.30. The third-order valence-corrected chi connectivity index (χ3v) is 3.16. The SMILES string of the molecule is Cc1cc(C)nc(NC2CCN(C(=O)OC(C)(C)C)C2)n1. The third-order valence-electron chi connectivity index (χ3n) is 3.16. The topological polar surface area (TPSA) is 67.4 Å². The van der Waals surface area contributed by atoms with Crippen LogP contribution in [-0.2, 0) is 4.74 Å². The zero-order chi connectivity index (χ0) is 15.6. The number of likely N-dealkylation sites (tertiary alicyclic amines) is 1. The van der Waals surface area contributed by atoms with Crippen LogP contribution < -0.4 is 5.32 Å². The number of carbonyl (C=O) groups is 1. The summed E-state index contributed by atoms with van der Waals surface area (Å²) in [6.45, 7) is 10.8. The molecule has 21 heavy (non-hydrogen) atoms. The van der Waals surface area contributed by atoms with Crippen LogP contribution in [0, 0.1) is 13.8 Å². The van der Waals surface area contributed by atoms with Crippen molar-refractivity contribution in [2.75, 3.05) is 18.4 Å². The van der Waals surface area contributed by atoms with Crippen molar-refractivity contribution in [2.24, 2.45) is 0 Å². The fraction of sp³-hybridized carbons (Fsp3) is 0.667. The molecule has 2 heterocycles. The van der Waals surface area contributed by atoms with E-state index in [4.69, 9.17) is 4.74 Å². The molecule has 0 radical (unpaired) electrons. The van der Waals surface area contributed by atoms with Crippen LogP contribution in [0.2, 0.25) is 0 Å². The number of hydrogen-bond acceptors (Lipinski definition) is 5. The van der Waals surface area contributed by atoms with Crippen molar-refractivity contribution in [2.45, 2.75) is 52.7 Å². The van der Waals surface area contributed by atoms with Gasteiger partial charge in [0.1, 0.15) is 5.60 Å². The van der Waals surface area contributed by atoms with Crippen LogP contribution in [0.4, 0.5) is 10.7 Å². The number of ether oxygens (including phenoxy) is 1. The average molecular weight is 292 g/mol. The molecule has 0 aromatic carbocycles. The summed E-state index contributed by atoms with van der Waals surface area (Å²) in [6, 6.07) is 2.10. The Labute approximate surface area is 125 Å². The van der Waals surface area contributed by atoms with E-state index in [1.165, 1.54) is 0 Å². The minimum atomic E-state index is -0.459. The zero-order valence-electron chi connectivity index (χ0n) is 13.4. The number of nitrogens with zero attached hydrogens (tertiary/aromatic N) is 3. The monoisotopic (exact) mass is 292 g/mol. The van der Waals surface area contributed by atoms with Gasteiger partial charge in [-0.2, -0.15) is 0 Å². The van der Waals surface area contributed by atoms with E-state index in [1.54, 1.807) is 4.90 Å². The zero-order valence-corrected chi connectivity index (χ0v) is 13.4. The largest absolute Gasteiger partial charge is 0.444 e. The Morgan fingerprint density at radius 2 is 1.95 bits per heavy atom. The van der Waals surface area contributed by atoms with Crippen LogP contribution in [-0.4, -0.2) is 45.7 Å². The van der Waals surface area contributed by atoms with Crippen molar-refractivity contribution in [1.82, 2.24) is 14.9 Å². The lowest BCUT2D eigenvalue weighted by atomic mass is 10.2. The lowest BCUT2D eigenvalue weighted by Gasteiger charge is -2.24. The molecule has 0 aliphatic carbocycles. The Morgan fingerprint density at radius 1 is 1.33 bits per heavy atom. The predicted octanol–water partition coefficient (Wildman–Crippen LogP) is 2.51. The molecule has 116 valence electrons. The van der Waals surface area contributed by atoms with Crippen LogP contribution in [0.1, 0.15) is 38.6 Å². The van der Waals surface area contributed by atoms with E-state index in [1.807, 2.05) is 40.7 Å². The van der Waals surface area contributed by atoms with Gasteiger partial charge in [-0.3, -0.25) is 0 Å². The van der Waals surface area contributed by atoms with Crippen LogP contribution in [0.25, 0.3) is 0 Å². The summed E-state index contributed by atoms with van der Waals surface area (Å²) < 4.78 is 5.39. The second-order valence-corrected chi connectivity index (χ2v) is 6.53. The van der Waals surface area contributed by atoms with Gasteiger partial charge in [0.15, 0.2) is 0 Å². The van der Waals surface area contributed by atoms with Crippen molar-refractivity contribution in [3.05, 3.63) is 17.5 Å². The van der Waals surface area contributed by atoms with Gasteiger partial charge in [-0.05, 0) is 47.1 Å². The number of carbonyl (C=O) groups excluding carboxylic acids is 1. The molecular formula is C15H24N4O2. The predicted molar refractivity (Wildman–Crippen MR) is 81.3 cm³/mol. The summed E-state index contributed by atoms with van der Waals surface area (Å²) in [4.78, 5) is 22.5. The van der Waals surface area contributed by atoms with Crippen LogP contribution in [0.5, 0.6) is 0 Å². The normalized spacial score (nSPS) is 18.7. The molecule has 0 spiro atoms. The van der Waals surface area contributed by atoms with E-state index in [2.05, 4.69) is 15.3 Å². The molecule has 1 aromatic heterocycles. The summed E-state index contributed by atoms with van der Waals surface area (Å²) >= 11 is 0. The van der Waals surface area contributed by atoms with Gasteiger partial charge < -0.3 is 15.0 Å². The van der Waals surface area contributed by atoms with E-state index in [0.717, 1.165) is 17.8 Å². The first-order chi connectivity index (χ1) is 9.73. The molecule has 1 aliphatic heterocycles. The molecule has 6 heteroatoms. The van der Waals surface area contributed by atoms with Crippen LogP contribution in [0.15, 0.2) is 6.07 Å². The van der Waals surface area contributed by atoms with Gasteiger partial charge in [-0.25, -0.2) is 14.8 Å². The molecular weight excluding hydrogens is 268 g/mol. The Bertz CT molecular complexity index is 505. The molecule has 1 unspecified atom stereocenters. The molecule has 1 aromatic rings. The van der Waals surface area contributed by atoms with Gasteiger partial charge >= 0.3 is 6.09 Å². The number of nitrogens with one attached hydrogen (secondary N) is 1. The summed E-state index contributed by atoms with van der Waals surface area (Å²) in [6.07, 6.45) is 0.614. The Kier molecular flexibility index (Phi) is 4.34. The molecule has 1 aliphatic rings. The Balaban J connectivity index is 1.92. The van der Waals surface area contributed by atoms with Crippen molar-refractivity contribution in [3.63, 3.8) is 0 Å². The second kappa shape index (κ2) is 5.87. The van der Waals surface area contributed by atoms with Crippen molar-refractivity contribution in [3.8, 4) is 0 Å². The van der Waals surface area contributed by atoms with Crippen molar-refractivity contribution >= 4 is 12.0 Å². The number of hydrogen-bond donors (Lipinski definition) is 1. The molecule has 0 saturated carbocycles. The van der Waals surface area contributed by atoms with E-state index in [-0.39, 0.29) is 12.1 Å². The van der Waals surface area contributed by atoms with Gasteiger partial charge in [0, 0.05) is 30.5 Å². The highest BCUT2D eigenvalue weighted by Gasteiger charge is 2.30. The average Bonchev–Trinajstić information content (AvgIpc) is 2.73. The highest BCUT2D eigenvalue weighted by molar-refractivity contribution is 5.68. The lowest BCUT2D eigenvalue weighted by molar-refractivity contribution is 0.0293. The Morgan fingerprint density at radius 3 is 2.52 bits per heavy atom. The molecule has 1 saturated heterocycles. The lowest BCUT2D eigenvalue weighted by Crippen LogP contribution is -2.36. The fourth-order valence-electron chi connectivity index (χ4n) is 2.34. The maximum absolute atomic E-state index is 12.0. The molecule has 2 rings (SSSR count). The smallest absolute Gasteiger partial charge is 0.410 e. The third kappa shape index (κ3) is 4.58. The molecule has 1 amide bonds. The summed E-state index contributed by atoms with van der Waals surface area (Å²) in [5, 5.41) is 3.30. The second-order valence-electron chi connectivity index (χ2n) is 6.53. The van der Waals surface area contributed by atoms with Crippen molar-refractivity contribution < 1.29 is 9.53 Å². The van der Waals surface area contributed by atoms with E-state index < -0.39 is 5.60 Å². The van der Waals surface area contributed by atoms with E-state index >= 15 is 0 Å².